The highest BCUT2D eigenvalue weighted by Gasteiger charge is 2.20. The Morgan fingerprint density at radius 2 is 2.39 bits per heavy atom. The van der Waals surface area contributed by atoms with Gasteiger partial charge in [0.15, 0.2) is 5.65 Å². The van der Waals surface area contributed by atoms with E-state index in [1.807, 2.05) is 13.0 Å². The van der Waals surface area contributed by atoms with Gasteiger partial charge in [-0.2, -0.15) is 0 Å². The largest absolute Gasteiger partial charge is 0.369 e. The van der Waals surface area contributed by atoms with E-state index in [9.17, 15) is 4.79 Å². The number of pyridine rings is 1. The van der Waals surface area contributed by atoms with Gasteiger partial charge >= 0.3 is 0 Å². The number of nitrogens with two attached hydrogens (primary N) is 1. The van der Waals surface area contributed by atoms with E-state index in [-0.39, 0.29) is 5.91 Å². The van der Waals surface area contributed by atoms with Crippen LogP contribution in [0.4, 0.5) is 5.95 Å². The van der Waals surface area contributed by atoms with Crippen LogP contribution in [0.15, 0.2) is 18.3 Å². The molecule has 0 aliphatic carbocycles. The molecule has 2 aromatic rings. The summed E-state index contributed by atoms with van der Waals surface area (Å²) < 4.78 is 1.65. The minimum atomic E-state index is -0.420. The summed E-state index contributed by atoms with van der Waals surface area (Å²) in [6.45, 7) is 4.45. The molecule has 3 N–H and O–H groups in total. The lowest BCUT2D eigenvalue weighted by atomic mass is 10.3. The molecule has 1 amide bonds. The molecule has 2 heterocycles. The molecule has 0 aliphatic rings. The summed E-state index contributed by atoms with van der Waals surface area (Å²) in [6, 6.07) is 3.20. The summed E-state index contributed by atoms with van der Waals surface area (Å²) in [5, 5.41) is 2.84. The topological polar surface area (TPSA) is 85.8 Å². The smallest absolute Gasteiger partial charge is 0.242 e. The number of hydrogen-bond acceptors (Lipinski definition) is 4. The van der Waals surface area contributed by atoms with Crippen LogP contribution in [0.3, 0.4) is 0 Å². The Balaban J connectivity index is 2.35. The summed E-state index contributed by atoms with van der Waals surface area (Å²) in [5.41, 5.74) is 7.19. The molecule has 2 aromatic heterocycles. The van der Waals surface area contributed by atoms with Gasteiger partial charge in [0.25, 0.3) is 0 Å². The Morgan fingerprint density at radius 1 is 1.61 bits per heavy atom. The van der Waals surface area contributed by atoms with Gasteiger partial charge in [-0.1, -0.05) is 6.92 Å². The van der Waals surface area contributed by atoms with E-state index in [4.69, 9.17) is 5.73 Å². The minimum absolute atomic E-state index is 0.0755. The van der Waals surface area contributed by atoms with E-state index in [1.165, 1.54) is 0 Å². The van der Waals surface area contributed by atoms with E-state index in [0.29, 0.717) is 23.7 Å². The predicted octanol–water partition coefficient (Wildman–Crippen LogP) is 1.10. The number of rotatable bonds is 4. The molecule has 2 rings (SSSR count). The van der Waals surface area contributed by atoms with E-state index < -0.39 is 6.04 Å². The Hall–Kier alpha value is -2.11. The second kappa shape index (κ2) is 5.03. The maximum absolute atomic E-state index is 12.0. The fourth-order valence-corrected chi connectivity index (χ4v) is 1.84. The molecule has 0 saturated heterocycles. The highest BCUT2D eigenvalue weighted by molar-refractivity contribution is 5.83. The fraction of sp³-hybridized carbons (Fsp3) is 0.417. The van der Waals surface area contributed by atoms with Crippen molar-refractivity contribution in [2.45, 2.75) is 26.3 Å². The molecule has 0 aliphatic heterocycles. The lowest BCUT2D eigenvalue weighted by Gasteiger charge is -2.14. The van der Waals surface area contributed by atoms with E-state index in [0.717, 1.165) is 6.42 Å². The number of carbonyl (C=O) groups excluding carboxylic acids is 1. The zero-order chi connectivity index (χ0) is 13.1. The molecular formula is C12H17N5O. The molecule has 96 valence electrons. The number of nitrogen functional groups attached to an aromatic ring is 1. The highest BCUT2D eigenvalue weighted by Crippen LogP contribution is 2.20. The first-order valence-corrected chi connectivity index (χ1v) is 6.01. The van der Waals surface area contributed by atoms with Gasteiger partial charge in [0.2, 0.25) is 11.9 Å². The molecule has 6 nitrogen and oxygen atoms in total. The second-order valence-electron chi connectivity index (χ2n) is 4.15. The molecule has 0 bridgehead atoms. The first-order valence-electron chi connectivity index (χ1n) is 6.01. The molecule has 1 unspecified atom stereocenters. The van der Waals surface area contributed by atoms with Crippen LogP contribution in [-0.4, -0.2) is 27.0 Å². The number of amides is 1. The fourth-order valence-electron chi connectivity index (χ4n) is 1.84. The summed E-state index contributed by atoms with van der Waals surface area (Å²) in [7, 11) is 0. The van der Waals surface area contributed by atoms with Crippen LogP contribution in [0.2, 0.25) is 0 Å². The molecule has 0 aromatic carbocycles. The van der Waals surface area contributed by atoms with Gasteiger partial charge in [0.05, 0.1) is 0 Å². The second-order valence-corrected chi connectivity index (χ2v) is 4.15. The number of carbonyl (C=O) groups is 1. The van der Waals surface area contributed by atoms with Gasteiger partial charge in [-0.25, -0.2) is 9.97 Å². The highest BCUT2D eigenvalue weighted by atomic mass is 16.2. The van der Waals surface area contributed by atoms with Crippen LogP contribution >= 0.6 is 0 Å². The van der Waals surface area contributed by atoms with Crippen molar-refractivity contribution in [3.05, 3.63) is 18.3 Å². The first-order chi connectivity index (χ1) is 8.65. The minimum Gasteiger partial charge on any atom is -0.369 e. The summed E-state index contributed by atoms with van der Waals surface area (Å²) in [6.07, 6.45) is 2.56. The van der Waals surface area contributed by atoms with E-state index in [1.54, 1.807) is 23.8 Å². The molecule has 0 spiro atoms. The Bertz CT molecular complexity index is 563. The van der Waals surface area contributed by atoms with Gasteiger partial charge in [-0.05, 0) is 25.5 Å². The van der Waals surface area contributed by atoms with Gasteiger partial charge in [0.1, 0.15) is 11.6 Å². The van der Waals surface area contributed by atoms with E-state index in [2.05, 4.69) is 15.3 Å². The van der Waals surface area contributed by atoms with E-state index >= 15 is 0 Å². The van der Waals surface area contributed by atoms with Crippen molar-refractivity contribution in [2.75, 3.05) is 12.3 Å². The number of nitrogens with one attached hydrogen (secondary N) is 1. The van der Waals surface area contributed by atoms with Crippen LogP contribution < -0.4 is 11.1 Å². The van der Waals surface area contributed by atoms with Crippen molar-refractivity contribution in [1.82, 2.24) is 19.9 Å². The lowest BCUT2D eigenvalue weighted by Crippen LogP contribution is -2.32. The van der Waals surface area contributed by atoms with Crippen molar-refractivity contribution < 1.29 is 4.79 Å². The van der Waals surface area contributed by atoms with Gasteiger partial charge in [-0.3, -0.25) is 9.36 Å². The van der Waals surface area contributed by atoms with Crippen LogP contribution in [-0.2, 0) is 4.79 Å². The summed E-state index contributed by atoms with van der Waals surface area (Å²) in [4.78, 5) is 20.4. The van der Waals surface area contributed by atoms with Crippen molar-refractivity contribution >= 4 is 23.0 Å². The van der Waals surface area contributed by atoms with Gasteiger partial charge < -0.3 is 11.1 Å². The first kappa shape index (κ1) is 12.3. The quantitative estimate of drug-likeness (QED) is 0.847. The Kier molecular flexibility index (Phi) is 3.45. The van der Waals surface area contributed by atoms with Crippen LogP contribution in [0.25, 0.3) is 11.2 Å². The normalized spacial score (nSPS) is 12.6. The maximum atomic E-state index is 12.0. The van der Waals surface area contributed by atoms with Crippen molar-refractivity contribution in [3.8, 4) is 0 Å². The number of fused-ring (bicyclic) bond motifs is 1. The van der Waals surface area contributed by atoms with Crippen molar-refractivity contribution in [3.63, 3.8) is 0 Å². The SMILES string of the molecule is CCCNC(=O)C(C)n1c(N)nc2cccnc21. The molecule has 1 atom stereocenters. The third-order valence-electron chi connectivity index (χ3n) is 2.79. The Labute approximate surface area is 105 Å². The standard InChI is InChI=1S/C12H17N5O/c1-3-6-15-11(18)8(2)17-10-9(16-12(17)13)5-4-7-14-10/h4-5,7-8H,3,6H2,1-2H3,(H2,13,16)(H,15,18). The van der Waals surface area contributed by atoms with Gasteiger partial charge in [0, 0.05) is 12.7 Å². The zero-order valence-corrected chi connectivity index (χ0v) is 10.6. The molecular weight excluding hydrogens is 230 g/mol. The van der Waals surface area contributed by atoms with Crippen LogP contribution in [0.5, 0.6) is 0 Å². The third kappa shape index (κ3) is 2.13. The number of aromatic nitrogens is 3. The molecule has 0 fully saturated rings. The zero-order valence-electron chi connectivity index (χ0n) is 10.6. The van der Waals surface area contributed by atoms with Gasteiger partial charge in [-0.15, -0.1) is 0 Å². The van der Waals surface area contributed by atoms with Crippen LogP contribution in [0, 0.1) is 0 Å². The Morgan fingerprint density at radius 3 is 3.11 bits per heavy atom. The van der Waals surface area contributed by atoms with Crippen molar-refractivity contribution in [2.24, 2.45) is 0 Å². The molecule has 0 radical (unpaired) electrons. The number of anilines is 1. The lowest BCUT2D eigenvalue weighted by molar-refractivity contribution is -0.123. The maximum Gasteiger partial charge on any atom is 0.242 e. The summed E-state index contributed by atoms with van der Waals surface area (Å²) in [5.74, 6) is 0.233. The number of hydrogen-bond donors (Lipinski definition) is 2. The van der Waals surface area contributed by atoms with Crippen molar-refractivity contribution in [1.29, 1.82) is 0 Å². The average Bonchev–Trinajstić information content (AvgIpc) is 2.70. The molecule has 6 heteroatoms. The predicted molar refractivity (Wildman–Crippen MR) is 70.0 cm³/mol. The number of nitrogens with zero attached hydrogens (tertiary/aromatic N) is 3. The monoisotopic (exact) mass is 247 g/mol. The average molecular weight is 247 g/mol. The molecule has 0 saturated carbocycles. The summed E-state index contributed by atoms with van der Waals surface area (Å²) >= 11 is 0. The third-order valence-corrected chi connectivity index (χ3v) is 2.79. The van der Waals surface area contributed by atoms with Crippen LogP contribution in [0.1, 0.15) is 26.3 Å². The molecule has 18 heavy (non-hydrogen) atoms. The number of imidazole rings is 1.